The van der Waals surface area contributed by atoms with Gasteiger partial charge in [0.15, 0.2) is 17.4 Å². The Bertz CT molecular complexity index is 2210. The maximum Gasteiger partial charge on any atom is 0.342 e. The summed E-state index contributed by atoms with van der Waals surface area (Å²) in [5.74, 6) is 6.13. The third kappa shape index (κ3) is 12.6. The molecule has 1 saturated heterocycles. The molecule has 14 heteroatoms. The number of benzene rings is 2. The molecule has 6 N–H and O–H groups in total. The second-order valence-corrected chi connectivity index (χ2v) is 15.1. The highest BCUT2D eigenvalue weighted by atomic mass is 16.8. The number of cyclic esters (lactones) is 2. The molecule has 1 fully saturated rings. The van der Waals surface area contributed by atoms with Gasteiger partial charge in [0.25, 0.3) is 0 Å². The van der Waals surface area contributed by atoms with Crippen LogP contribution in [0.3, 0.4) is 0 Å². The SMILES string of the molecule is C[C@@H]1/C=C\C(=O)[C@@H](O)[C@@H](O)C/C=C/c2c(C#CCO)ccc(O)c2C(=O)O[C@H]1C.C[C@@H]1/C=C\C(=O)[C@H]2OC(C)(C)O[C@H]2C/C=C/c2c(C#CCO)ccc(O)c2C(=O)O[C@H]1C. The van der Waals surface area contributed by atoms with Gasteiger partial charge in [-0.2, -0.15) is 0 Å². The van der Waals surface area contributed by atoms with Crippen molar-refractivity contribution in [3.8, 4) is 35.2 Å². The third-order valence-corrected chi connectivity index (χ3v) is 10.1. The van der Waals surface area contributed by atoms with Crippen LogP contribution in [-0.4, -0.2) is 110 Å². The molecule has 8 atom stereocenters. The minimum atomic E-state index is -1.60. The number of phenolic OH excluding ortho intramolecular Hbond substituents is 2. The van der Waals surface area contributed by atoms with E-state index in [0.29, 0.717) is 23.1 Å². The van der Waals surface area contributed by atoms with E-state index in [-0.39, 0.29) is 58.8 Å². The molecule has 0 spiro atoms. The highest BCUT2D eigenvalue weighted by Gasteiger charge is 2.43. The molecule has 324 valence electrons. The first kappa shape index (κ1) is 47.8. The standard InChI is InChI=1S/C25H28O7.C22H24O7/c1-15-10-12-20(28)23-21(31-25(3,4)32-23)9-5-8-18-17(7-6-14-26)11-13-19(27)22(18)24(29)30-16(15)2;1-13-8-10-19(26)21(27)18(25)7-3-6-16-15(5-4-12-23)9-11-17(24)20(16)22(28)29-14(13)2/h5,8,10-13,15-16,21,23,26-27H,9,14H2,1-4H3;3,6,8-11,13-14,18,21,23-25,27H,7,12H2,1-2H3/b8-5+,12-10-;6-3+,10-8-/t15-,16+,21+,23-;13-,14+,18+,21+/m11/s1. The fourth-order valence-corrected chi connectivity index (χ4v) is 6.36. The Morgan fingerprint density at radius 1 is 0.656 bits per heavy atom. The molecule has 2 aromatic carbocycles. The van der Waals surface area contributed by atoms with E-state index in [4.69, 9.17) is 29.2 Å². The Morgan fingerprint density at radius 3 is 1.59 bits per heavy atom. The minimum absolute atomic E-state index is 0.0115. The molecular formula is C47H52O14. The number of fused-ring (bicyclic) bond motifs is 3. The van der Waals surface area contributed by atoms with Crippen LogP contribution in [-0.2, 0) is 28.5 Å². The first-order valence-electron chi connectivity index (χ1n) is 19.7. The Morgan fingerprint density at radius 2 is 1.11 bits per heavy atom. The fourth-order valence-electron chi connectivity index (χ4n) is 6.36. The third-order valence-electron chi connectivity index (χ3n) is 10.1. The smallest absolute Gasteiger partial charge is 0.342 e. The van der Waals surface area contributed by atoms with Crippen LogP contribution in [0.2, 0.25) is 0 Å². The van der Waals surface area contributed by atoms with Crippen LogP contribution in [0.15, 0.2) is 60.7 Å². The highest BCUT2D eigenvalue weighted by molar-refractivity contribution is 5.99. The van der Waals surface area contributed by atoms with Crippen molar-refractivity contribution in [3.63, 3.8) is 0 Å². The van der Waals surface area contributed by atoms with Gasteiger partial charge in [0.05, 0.1) is 12.2 Å². The van der Waals surface area contributed by atoms with E-state index in [0.717, 1.165) is 6.08 Å². The van der Waals surface area contributed by atoms with Crippen molar-refractivity contribution in [2.45, 2.75) is 96.8 Å². The number of hydrogen-bond acceptors (Lipinski definition) is 14. The summed E-state index contributed by atoms with van der Waals surface area (Å²) in [5.41, 5.74) is 1.31. The topological polar surface area (TPSA) is 227 Å². The monoisotopic (exact) mass is 840 g/mol. The average Bonchev–Trinajstić information content (AvgIpc) is 3.53. The van der Waals surface area contributed by atoms with Gasteiger partial charge in [0.1, 0.15) is 60.3 Å². The molecule has 0 saturated carbocycles. The molecule has 0 radical (unpaired) electrons. The van der Waals surface area contributed by atoms with E-state index < -0.39 is 66.7 Å². The fraction of sp³-hybridized carbons (Fsp3) is 0.404. The number of aliphatic hydroxyl groups is 4. The van der Waals surface area contributed by atoms with Crippen molar-refractivity contribution < 1.29 is 68.8 Å². The Kier molecular flexibility index (Phi) is 16.9. The van der Waals surface area contributed by atoms with E-state index >= 15 is 0 Å². The van der Waals surface area contributed by atoms with E-state index in [1.54, 1.807) is 58.9 Å². The minimum Gasteiger partial charge on any atom is -0.507 e. The molecule has 3 heterocycles. The predicted octanol–water partition coefficient (Wildman–Crippen LogP) is 4.16. The van der Waals surface area contributed by atoms with E-state index in [1.807, 2.05) is 6.92 Å². The molecule has 0 bridgehead atoms. The summed E-state index contributed by atoms with van der Waals surface area (Å²) in [6, 6.07) is 5.74. The molecule has 3 aliphatic heterocycles. The number of rotatable bonds is 0. The van der Waals surface area contributed by atoms with E-state index in [2.05, 4.69) is 23.7 Å². The molecule has 0 amide bonds. The van der Waals surface area contributed by atoms with Crippen LogP contribution >= 0.6 is 0 Å². The average molecular weight is 841 g/mol. The van der Waals surface area contributed by atoms with Gasteiger partial charge in [-0.1, -0.05) is 74.0 Å². The lowest BCUT2D eigenvalue weighted by atomic mass is 9.97. The summed E-state index contributed by atoms with van der Waals surface area (Å²) in [7, 11) is 0. The molecule has 2 aromatic rings. The van der Waals surface area contributed by atoms with Gasteiger partial charge in [-0.3, -0.25) is 9.59 Å². The predicted molar refractivity (Wildman–Crippen MR) is 224 cm³/mol. The molecule has 14 nitrogen and oxygen atoms in total. The Hall–Kier alpha value is -5.84. The van der Waals surface area contributed by atoms with Crippen molar-refractivity contribution in [2.24, 2.45) is 11.8 Å². The van der Waals surface area contributed by atoms with E-state index in [1.165, 1.54) is 42.5 Å². The summed E-state index contributed by atoms with van der Waals surface area (Å²) >= 11 is 0. The molecule has 3 aliphatic rings. The van der Waals surface area contributed by atoms with Gasteiger partial charge in [-0.15, -0.1) is 0 Å². The van der Waals surface area contributed by atoms with Crippen LogP contribution < -0.4 is 0 Å². The zero-order valence-electron chi connectivity index (χ0n) is 34.8. The molecule has 0 unspecified atom stereocenters. The van der Waals surface area contributed by atoms with Gasteiger partial charge in [-0.05, 0) is 77.0 Å². The summed E-state index contributed by atoms with van der Waals surface area (Å²) in [4.78, 5) is 50.5. The van der Waals surface area contributed by atoms with Crippen LogP contribution in [0.1, 0.15) is 97.4 Å². The van der Waals surface area contributed by atoms with Gasteiger partial charge < -0.3 is 49.6 Å². The number of ether oxygens (including phenoxy) is 4. The molecule has 5 rings (SSSR count). The molecule has 0 aliphatic carbocycles. The number of phenols is 2. The zero-order valence-corrected chi connectivity index (χ0v) is 34.8. The van der Waals surface area contributed by atoms with Gasteiger partial charge in [-0.25, -0.2) is 9.59 Å². The van der Waals surface area contributed by atoms with Crippen LogP contribution in [0, 0.1) is 35.5 Å². The van der Waals surface area contributed by atoms with Crippen molar-refractivity contribution >= 4 is 35.7 Å². The summed E-state index contributed by atoms with van der Waals surface area (Å²) in [6.45, 7) is 9.66. The largest absolute Gasteiger partial charge is 0.507 e. The number of hydrogen-bond donors (Lipinski definition) is 6. The lowest BCUT2D eigenvalue weighted by Crippen LogP contribution is -2.32. The van der Waals surface area contributed by atoms with Gasteiger partial charge >= 0.3 is 11.9 Å². The van der Waals surface area contributed by atoms with Crippen molar-refractivity contribution in [1.82, 2.24) is 0 Å². The van der Waals surface area contributed by atoms with Crippen LogP contribution in [0.4, 0.5) is 0 Å². The first-order chi connectivity index (χ1) is 28.9. The zero-order chi connectivity index (χ0) is 45.0. The maximum atomic E-state index is 13.0. The highest BCUT2D eigenvalue weighted by Crippen LogP contribution is 2.33. The second-order valence-electron chi connectivity index (χ2n) is 15.1. The molecule has 61 heavy (non-hydrogen) atoms. The van der Waals surface area contributed by atoms with Crippen molar-refractivity contribution in [1.29, 1.82) is 0 Å². The van der Waals surface area contributed by atoms with Crippen LogP contribution in [0.25, 0.3) is 12.2 Å². The van der Waals surface area contributed by atoms with Crippen LogP contribution in [0.5, 0.6) is 11.5 Å². The maximum absolute atomic E-state index is 13.0. The Balaban J connectivity index is 0.000000270. The Labute approximate surface area is 354 Å². The number of aliphatic hydroxyl groups excluding tert-OH is 4. The molecular weight excluding hydrogens is 789 g/mol. The summed E-state index contributed by atoms with van der Waals surface area (Å²) in [6.07, 6.45) is 6.88. The first-order valence-corrected chi connectivity index (χ1v) is 19.7. The summed E-state index contributed by atoms with van der Waals surface area (Å²) in [5, 5.41) is 58.9. The van der Waals surface area contributed by atoms with E-state index in [9.17, 15) is 39.6 Å². The van der Waals surface area contributed by atoms with Crippen molar-refractivity contribution in [3.05, 3.63) is 94.1 Å². The quantitative estimate of drug-likeness (QED) is 0.162. The van der Waals surface area contributed by atoms with Gasteiger partial charge in [0.2, 0.25) is 0 Å². The number of esters is 2. The number of carbonyl (C=O) groups excluding carboxylic acids is 4. The number of aromatic hydroxyl groups is 2. The summed E-state index contributed by atoms with van der Waals surface area (Å²) < 4.78 is 22.8. The number of carbonyl (C=O) groups is 4. The molecule has 0 aromatic heterocycles. The number of ketones is 2. The van der Waals surface area contributed by atoms with Crippen molar-refractivity contribution in [2.75, 3.05) is 13.2 Å². The second kappa shape index (κ2) is 21.6. The lowest BCUT2D eigenvalue weighted by Gasteiger charge is -2.20. The van der Waals surface area contributed by atoms with Gasteiger partial charge in [0, 0.05) is 34.1 Å². The lowest BCUT2D eigenvalue weighted by molar-refractivity contribution is -0.152. The normalized spacial score (nSPS) is 28.6.